The van der Waals surface area contributed by atoms with E-state index in [1.54, 1.807) is 0 Å². The third kappa shape index (κ3) is 2.93. The lowest BCUT2D eigenvalue weighted by Gasteiger charge is -2.41. The number of alkyl halides is 1. The second-order valence-electron chi connectivity index (χ2n) is 5.48. The first-order valence-corrected chi connectivity index (χ1v) is 6.76. The molecule has 0 spiro atoms. The second kappa shape index (κ2) is 5.02. The molecule has 0 radical (unpaired) electrons. The van der Waals surface area contributed by atoms with Crippen LogP contribution in [-0.4, -0.2) is 34.8 Å². The number of hydrogen-bond acceptors (Lipinski definition) is 4. The number of aromatic nitrogens is 2. The van der Waals surface area contributed by atoms with Crippen molar-refractivity contribution in [2.45, 2.75) is 45.3 Å². The van der Waals surface area contributed by atoms with Crippen LogP contribution >= 0.6 is 11.6 Å². The minimum Gasteiger partial charge on any atom is -0.369 e. The van der Waals surface area contributed by atoms with Crippen molar-refractivity contribution in [2.75, 3.05) is 18.0 Å². The summed E-state index contributed by atoms with van der Waals surface area (Å²) >= 11 is 5.83. The smallest absolute Gasteiger partial charge is 0.225 e. The van der Waals surface area contributed by atoms with Crippen LogP contribution in [0.3, 0.4) is 0 Å². The molecule has 4 nitrogen and oxygen atoms in total. The van der Waals surface area contributed by atoms with Gasteiger partial charge in [0, 0.05) is 30.5 Å². The Labute approximate surface area is 113 Å². The average Bonchev–Trinajstić information content (AvgIpc) is 2.26. The Bertz CT molecular complexity index is 436. The van der Waals surface area contributed by atoms with Gasteiger partial charge in [0.2, 0.25) is 5.95 Å². The normalized spacial score (nSPS) is 23.2. The molecule has 1 aromatic rings. The van der Waals surface area contributed by atoms with Crippen LogP contribution < -0.4 is 4.90 Å². The van der Waals surface area contributed by atoms with Crippen LogP contribution in [-0.2, 0) is 10.6 Å². The largest absolute Gasteiger partial charge is 0.369 e. The summed E-state index contributed by atoms with van der Waals surface area (Å²) in [7, 11) is 0. The first kappa shape index (κ1) is 13.6. The molecule has 1 aliphatic heterocycles. The Balaban J connectivity index is 2.23. The average molecular weight is 270 g/mol. The van der Waals surface area contributed by atoms with E-state index >= 15 is 0 Å². The van der Waals surface area contributed by atoms with E-state index in [0.29, 0.717) is 5.88 Å². The zero-order chi connectivity index (χ0) is 13.3. The lowest BCUT2D eigenvalue weighted by molar-refractivity contribution is -0.0753. The highest BCUT2D eigenvalue weighted by molar-refractivity contribution is 6.17. The standard InChI is InChI=1S/C13H20ClN3O/c1-9-7-17(8-13(3,4)18-9)12-15-6-11(5-14)10(2)16-12/h6,9H,5,7-8H2,1-4H3. The number of aryl methyl sites for hydroxylation is 1. The SMILES string of the molecule is Cc1nc(N2CC(C)OC(C)(C)C2)ncc1CCl. The molecule has 1 aliphatic rings. The fourth-order valence-electron chi connectivity index (χ4n) is 2.37. The van der Waals surface area contributed by atoms with Crippen molar-refractivity contribution in [3.63, 3.8) is 0 Å². The minimum absolute atomic E-state index is 0.167. The van der Waals surface area contributed by atoms with Crippen LogP contribution in [0, 0.1) is 6.92 Å². The van der Waals surface area contributed by atoms with Gasteiger partial charge in [0.1, 0.15) is 0 Å². The van der Waals surface area contributed by atoms with Crippen LogP contribution in [0.2, 0.25) is 0 Å². The van der Waals surface area contributed by atoms with E-state index in [2.05, 4.69) is 35.6 Å². The van der Waals surface area contributed by atoms with Gasteiger partial charge >= 0.3 is 0 Å². The highest BCUT2D eigenvalue weighted by atomic mass is 35.5. The molecule has 1 saturated heterocycles. The summed E-state index contributed by atoms with van der Waals surface area (Å²) < 4.78 is 5.88. The molecule has 0 N–H and O–H groups in total. The van der Waals surface area contributed by atoms with Gasteiger partial charge in [0.25, 0.3) is 0 Å². The first-order valence-electron chi connectivity index (χ1n) is 6.22. The van der Waals surface area contributed by atoms with Gasteiger partial charge in [-0.15, -0.1) is 11.6 Å². The van der Waals surface area contributed by atoms with Crippen molar-refractivity contribution in [3.05, 3.63) is 17.5 Å². The summed E-state index contributed by atoms with van der Waals surface area (Å²) in [6, 6.07) is 0. The number of ether oxygens (including phenoxy) is 1. The van der Waals surface area contributed by atoms with Gasteiger partial charge in [-0.05, 0) is 27.7 Å². The predicted molar refractivity (Wildman–Crippen MR) is 73.2 cm³/mol. The van der Waals surface area contributed by atoms with Crippen LogP contribution in [0.15, 0.2) is 6.20 Å². The molecule has 1 unspecified atom stereocenters. The highest BCUT2D eigenvalue weighted by Gasteiger charge is 2.32. The van der Waals surface area contributed by atoms with E-state index in [1.807, 2.05) is 13.1 Å². The van der Waals surface area contributed by atoms with Gasteiger partial charge in [-0.25, -0.2) is 9.97 Å². The molecule has 2 rings (SSSR count). The Kier molecular flexibility index (Phi) is 3.78. The van der Waals surface area contributed by atoms with E-state index in [9.17, 15) is 0 Å². The minimum atomic E-state index is -0.167. The molecule has 100 valence electrons. The zero-order valence-electron chi connectivity index (χ0n) is 11.4. The quantitative estimate of drug-likeness (QED) is 0.774. The van der Waals surface area contributed by atoms with E-state index in [0.717, 1.165) is 30.3 Å². The van der Waals surface area contributed by atoms with Crippen LogP contribution in [0.4, 0.5) is 5.95 Å². The number of halogens is 1. The molecule has 1 aromatic heterocycles. The summed E-state index contributed by atoms with van der Waals surface area (Å²) in [5.74, 6) is 1.22. The van der Waals surface area contributed by atoms with Crippen LogP contribution in [0.1, 0.15) is 32.0 Å². The fourth-order valence-corrected chi connectivity index (χ4v) is 2.63. The van der Waals surface area contributed by atoms with Crippen molar-refractivity contribution < 1.29 is 4.74 Å². The number of anilines is 1. The Morgan fingerprint density at radius 1 is 1.56 bits per heavy atom. The van der Waals surface area contributed by atoms with E-state index in [4.69, 9.17) is 16.3 Å². The topological polar surface area (TPSA) is 38.2 Å². The van der Waals surface area contributed by atoms with E-state index in [-0.39, 0.29) is 11.7 Å². The fraction of sp³-hybridized carbons (Fsp3) is 0.692. The number of rotatable bonds is 2. The molecule has 5 heteroatoms. The highest BCUT2D eigenvalue weighted by Crippen LogP contribution is 2.24. The number of nitrogens with zero attached hydrogens (tertiary/aromatic N) is 3. The van der Waals surface area contributed by atoms with Crippen molar-refractivity contribution in [1.29, 1.82) is 0 Å². The summed E-state index contributed by atoms with van der Waals surface area (Å²) in [6.45, 7) is 9.86. The molecule has 0 bridgehead atoms. The van der Waals surface area contributed by atoms with Gasteiger partial charge in [-0.1, -0.05) is 0 Å². The van der Waals surface area contributed by atoms with Gasteiger partial charge in [0.15, 0.2) is 0 Å². The number of morpholine rings is 1. The third-order valence-corrected chi connectivity index (χ3v) is 3.35. The van der Waals surface area contributed by atoms with Gasteiger partial charge in [0.05, 0.1) is 17.6 Å². The second-order valence-corrected chi connectivity index (χ2v) is 5.75. The lowest BCUT2D eigenvalue weighted by Crippen LogP contribution is -2.52. The molecule has 2 heterocycles. The predicted octanol–water partition coefficient (Wildman–Crippen LogP) is 2.53. The van der Waals surface area contributed by atoms with Crippen molar-refractivity contribution in [3.8, 4) is 0 Å². The Hall–Kier alpha value is -0.870. The van der Waals surface area contributed by atoms with Gasteiger partial charge in [-0.3, -0.25) is 0 Å². The number of hydrogen-bond donors (Lipinski definition) is 0. The molecule has 1 atom stereocenters. The zero-order valence-corrected chi connectivity index (χ0v) is 12.2. The Morgan fingerprint density at radius 3 is 2.83 bits per heavy atom. The maximum absolute atomic E-state index is 5.88. The summed E-state index contributed by atoms with van der Waals surface area (Å²) in [5.41, 5.74) is 1.77. The molecule has 0 amide bonds. The summed E-state index contributed by atoms with van der Waals surface area (Å²) in [6.07, 6.45) is 2.00. The maximum atomic E-state index is 5.88. The molecule has 0 saturated carbocycles. The van der Waals surface area contributed by atoms with Crippen molar-refractivity contribution in [1.82, 2.24) is 9.97 Å². The monoisotopic (exact) mass is 269 g/mol. The van der Waals surface area contributed by atoms with E-state index < -0.39 is 0 Å². The van der Waals surface area contributed by atoms with Gasteiger partial charge in [-0.2, -0.15) is 0 Å². The van der Waals surface area contributed by atoms with E-state index in [1.165, 1.54) is 0 Å². The summed E-state index contributed by atoms with van der Waals surface area (Å²) in [4.78, 5) is 11.1. The van der Waals surface area contributed by atoms with Gasteiger partial charge < -0.3 is 9.64 Å². The summed E-state index contributed by atoms with van der Waals surface area (Å²) in [5, 5.41) is 0. The van der Waals surface area contributed by atoms with Crippen LogP contribution in [0.25, 0.3) is 0 Å². The molecular weight excluding hydrogens is 250 g/mol. The first-order chi connectivity index (χ1) is 8.41. The maximum Gasteiger partial charge on any atom is 0.225 e. The van der Waals surface area contributed by atoms with Crippen molar-refractivity contribution in [2.24, 2.45) is 0 Å². The van der Waals surface area contributed by atoms with Crippen LogP contribution in [0.5, 0.6) is 0 Å². The molecular formula is C13H20ClN3O. The molecule has 18 heavy (non-hydrogen) atoms. The molecule has 0 aromatic carbocycles. The van der Waals surface area contributed by atoms with Crippen molar-refractivity contribution >= 4 is 17.5 Å². The lowest BCUT2D eigenvalue weighted by atomic mass is 10.1. The molecule has 0 aliphatic carbocycles. The third-order valence-electron chi connectivity index (χ3n) is 3.06. The molecule has 1 fully saturated rings. The Morgan fingerprint density at radius 2 is 2.28 bits per heavy atom.